The second-order valence-corrected chi connectivity index (χ2v) is 20.0. The van der Waals surface area contributed by atoms with Gasteiger partial charge in [-0.15, -0.1) is 0 Å². The van der Waals surface area contributed by atoms with Gasteiger partial charge in [-0.2, -0.15) is 0 Å². The first-order valence-electron chi connectivity index (χ1n) is 29.8. The SMILES string of the molecule is CCCCC/C=C\C=C/CCCCCCCCCCCCC(=O)OCC(COC(=O)CCCCC/C=C\CCCCCCCC)OC(=O)CCCCCCCCCCCC/C=C\C=C/CCCCC. The van der Waals surface area contributed by atoms with Crippen LogP contribution in [0.2, 0.25) is 0 Å². The average Bonchev–Trinajstić information content (AvgIpc) is 3.35. The van der Waals surface area contributed by atoms with Crippen LogP contribution in [0.15, 0.2) is 60.8 Å². The maximum atomic E-state index is 12.9. The van der Waals surface area contributed by atoms with Crippen LogP contribution >= 0.6 is 0 Å². The topological polar surface area (TPSA) is 78.9 Å². The summed E-state index contributed by atoms with van der Waals surface area (Å²) in [5.41, 5.74) is 0. The first kappa shape index (κ1) is 66.1. The van der Waals surface area contributed by atoms with E-state index in [9.17, 15) is 14.4 Å². The molecule has 0 bridgehead atoms. The monoisotopic (exact) mass is 965 g/mol. The molecular formula is C63H112O6. The number of allylic oxidation sites excluding steroid dienone is 10. The van der Waals surface area contributed by atoms with Crippen molar-refractivity contribution in [2.75, 3.05) is 13.2 Å². The van der Waals surface area contributed by atoms with E-state index >= 15 is 0 Å². The fourth-order valence-corrected chi connectivity index (χ4v) is 8.48. The zero-order valence-electron chi connectivity index (χ0n) is 45.8. The summed E-state index contributed by atoms with van der Waals surface area (Å²) in [6.07, 6.45) is 72.1. The van der Waals surface area contributed by atoms with Crippen molar-refractivity contribution in [2.45, 2.75) is 309 Å². The molecule has 0 heterocycles. The van der Waals surface area contributed by atoms with Crippen LogP contribution in [0.4, 0.5) is 0 Å². The van der Waals surface area contributed by atoms with E-state index in [1.165, 1.54) is 193 Å². The molecule has 6 nitrogen and oxygen atoms in total. The van der Waals surface area contributed by atoms with Crippen LogP contribution in [0.5, 0.6) is 0 Å². The number of hydrogen-bond donors (Lipinski definition) is 0. The highest BCUT2D eigenvalue weighted by Crippen LogP contribution is 2.16. The summed E-state index contributed by atoms with van der Waals surface area (Å²) in [6.45, 7) is 6.59. The molecule has 0 aliphatic heterocycles. The van der Waals surface area contributed by atoms with E-state index in [0.717, 1.165) is 70.6 Å². The summed E-state index contributed by atoms with van der Waals surface area (Å²) in [6, 6.07) is 0. The summed E-state index contributed by atoms with van der Waals surface area (Å²) in [4.78, 5) is 38.2. The largest absolute Gasteiger partial charge is 0.462 e. The molecule has 0 rings (SSSR count). The number of ether oxygens (including phenoxy) is 3. The van der Waals surface area contributed by atoms with Crippen molar-refractivity contribution in [1.29, 1.82) is 0 Å². The zero-order chi connectivity index (χ0) is 50.0. The Bertz CT molecular complexity index is 1250. The van der Waals surface area contributed by atoms with E-state index in [-0.39, 0.29) is 31.1 Å². The number of carbonyl (C=O) groups excluding carboxylic acids is 3. The number of carbonyl (C=O) groups is 3. The smallest absolute Gasteiger partial charge is 0.306 e. The quantitative estimate of drug-likeness (QED) is 0.0199. The van der Waals surface area contributed by atoms with Gasteiger partial charge in [0.2, 0.25) is 0 Å². The van der Waals surface area contributed by atoms with Crippen molar-refractivity contribution in [1.82, 2.24) is 0 Å². The minimum atomic E-state index is -0.783. The highest BCUT2D eigenvalue weighted by atomic mass is 16.6. The minimum absolute atomic E-state index is 0.0807. The predicted molar refractivity (Wildman–Crippen MR) is 298 cm³/mol. The molecule has 0 aliphatic carbocycles. The molecular weight excluding hydrogens is 853 g/mol. The van der Waals surface area contributed by atoms with E-state index in [1.807, 2.05) is 0 Å². The number of hydrogen-bond acceptors (Lipinski definition) is 6. The molecule has 0 amide bonds. The molecule has 0 spiro atoms. The van der Waals surface area contributed by atoms with Gasteiger partial charge < -0.3 is 14.2 Å². The fraction of sp³-hybridized carbons (Fsp3) is 0.794. The Morgan fingerprint density at radius 1 is 0.290 bits per heavy atom. The summed E-state index contributed by atoms with van der Waals surface area (Å²) in [7, 11) is 0. The van der Waals surface area contributed by atoms with Crippen molar-refractivity contribution in [3.8, 4) is 0 Å². The lowest BCUT2D eigenvalue weighted by molar-refractivity contribution is -0.167. The lowest BCUT2D eigenvalue weighted by Crippen LogP contribution is -2.30. The van der Waals surface area contributed by atoms with Crippen molar-refractivity contribution in [3.63, 3.8) is 0 Å². The van der Waals surface area contributed by atoms with Gasteiger partial charge in [-0.3, -0.25) is 14.4 Å². The van der Waals surface area contributed by atoms with Gasteiger partial charge in [0.1, 0.15) is 13.2 Å². The van der Waals surface area contributed by atoms with Gasteiger partial charge in [-0.05, 0) is 96.3 Å². The van der Waals surface area contributed by atoms with Crippen LogP contribution in [0, 0.1) is 0 Å². The zero-order valence-corrected chi connectivity index (χ0v) is 45.8. The van der Waals surface area contributed by atoms with E-state index < -0.39 is 6.10 Å². The third-order valence-corrected chi connectivity index (χ3v) is 13.0. The fourth-order valence-electron chi connectivity index (χ4n) is 8.48. The van der Waals surface area contributed by atoms with Gasteiger partial charge in [0.15, 0.2) is 6.10 Å². The molecule has 69 heavy (non-hydrogen) atoms. The van der Waals surface area contributed by atoms with Crippen molar-refractivity contribution < 1.29 is 28.6 Å². The molecule has 0 saturated carbocycles. The van der Waals surface area contributed by atoms with Crippen LogP contribution in [0.3, 0.4) is 0 Å². The maximum absolute atomic E-state index is 12.9. The van der Waals surface area contributed by atoms with E-state index in [1.54, 1.807) is 0 Å². The molecule has 0 aliphatic rings. The number of unbranched alkanes of at least 4 members (excludes halogenated alkanes) is 35. The Balaban J connectivity index is 4.36. The Labute approximate surface area is 428 Å². The molecule has 0 aromatic heterocycles. The molecule has 0 saturated heterocycles. The third-order valence-electron chi connectivity index (χ3n) is 13.0. The van der Waals surface area contributed by atoms with Gasteiger partial charge in [-0.25, -0.2) is 0 Å². The first-order valence-corrected chi connectivity index (χ1v) is 29.8. The van der Waals surface area contributed by atoms with Crippen LogP contribution in [-0.4, -0.2) is 37.2 Å². The van der Waals surface area contributed by atoms with Crippen molar-refractivity contribution in [2.24, 2.45) is 0 Å². The van der Waals surface area contributed by atoms with Gasteiger partial charge in [-0.1, -0.05) is 248 Å². The molecule has 0 aromatic carbocycles. The Morgan fingerprint density at radius 2 is 0.522 bits per heavy atom. The molecule has 1 unspecified atom stereocenters. The molecule has 0 N–H and O–H groups in total. The van der Waals surface area contributed by atoms with Gasteiger partial charge in [0.25, 0.3) is 0 Å². The molecule has 1 atom stereocenters. The molecule has 400 valence electrons. The lowest BCUT2D eigenvalue weighted by atomic mass is 10.1. The van der Waals surface area contributed by atoms with Crippen molar-refractivity contribution >= 4 is 17.9 Å². The molecule has 0 aromatic rings. The average molecular weight is 966 g/mol. The van der Waals surface area contributed by atoms with E-state index in [2.05, 4.69) is 81.5 Å². The normalized spacial score (nSPS) is 12.4. The third kappa shape index (κ3) is 55.9. The van der Waals surface area contributed by atoms with Crippen LogP contribution in [0.1, 0.15) is 303 Å². The van der Waals surface area contributed by atoms with E-state index in [0.29, 0.717) is 19.3 Å². The second kappa shape index (κ2) is 57.7. The number of esters is 3. The highest BCUT2D eigenvalue weighted by Gasteiger charge is 2.19. The molecule has 0 fully saturated rings. The van der Waals surface area contributed by atoms with Crippen molar-refractivity contribution in [3.05, 3.63) is 60.8 Å². The summed E-state index contributed by atoms with van der Waals surface area (Å²) in [5, 5.41) is 0. The summed E-state index contributed by atoms with van der Waals surface area (Å²) in [5.74, 6) is -0.892. The predicted octanol–water partition coefficient (Wildman–Crippen LogP) is 20.0. The number of rotatable bonds is 54. The molecule has 6 heteroatoms. The highest BCUT2D eigenvalue weighted by molar-refractivity contribution is 5.71. The van der Waals surface area contributed by atoms with Gasteiger partial charge >= 0.3 is 17.9 Å². The Kier molecular flexibility index (Phi) is 55.3. The van der Waals surface area contributed by atoms with Gasteiger partial charge in [0, 0.05) is 19.3 Å². The second-order valence-electron chi connectivity index (χ2n) is 20.0. The molecule has 0 radical (unpaired) electrons. The maximum Gasteiger partial charge on any atom is 0.306 e. The van der Waals surface area contributed by atoms with Crippen LogP contribution in [0.25, 0.3) is 0 Å². The summed E-state index contributed by atoms with van der Waals surface area (Å²) >= 11 is 0. The van der Waals surface area contributed by atoms with E-state index in [4.69, 9.17) is 14.2 Å². The Hall–Kier alpha value is -2.89. The van der Waals surface area contributed by atoms with Gasteiger partial charge in [0.05, 0.1) is 0 Å². The minimum Gasteiger partial charge on any atom is -0.462 e. The Morgan fingerprint density at radius 3 is 0.855 bits per heavy atom. The van der Waals surface area contributed by atoms with Crippen LogP contribution < -0.4 is 0 Å². The first-order chi connectivity index (χ1) is 34.0. The summed E-state index contributed by atoms with van der Waals surface area (Å²) < 4.78 is 16.9. The standard InChI is InChI=1S/C63H112O6/c1-4-7-10-13-16-19-22-25-27-29-31-33-35-38-41-44-47-50-53-56-62(65)68-59-60(58-67-61(64)55-52-49-46-43-40-37-24-21-18-15-12-9-6-3)69-63(66)57-54-51-48-45-42-39-36-34-32-30-28-26-23-20-17-14-11-8-5-2/h16-17,19-20,22-23,25-26,37,40,60H,4-15,18,21,24,27-36,38-39,41-59H2,1-3H3/b19-16-,20-17-,25-22-,26-23-,40-37-. The van der Waals surface area contributed by atoms with Crippen LogP contribution in [-0.2, 0) is 28.6 Å². The lowest BCUT2D eigenvalue weighted by Gasteiger charge is -2.18.